The number of pyridine rings is 1. The van der Waals surface area contributed by atoms with Crippen molar-refractivity contribution in [2.45, 2.75) is 70.0 Å². The molecule has 204 valence electrons. The fraction of sp³-hybridized carbons (Fsp3) is 0.379. The van der Waals surface area contributed by atoms with Gasteiger partial charge in [0.05, 0.1) is 22.8 Å². The number of hydrogen-bond donors (Lipinski definition) is 1. The van der Waals surface area contributed by atoms with E-state index in [1.54, 1.807) is 45.2 Å². The first-order chi connectivity index (χ1) is 17.9. The van der Waals surface area contributed by atoms with E-state index in [4.69, 9.17) is 9.47 Å². The average molecular weight is 548 g/mol. The van der Waals surface area contributed by atoms with Gasteiger partial charge in [0.2, 0.25) is 11.2 Å². The lowest BCUT2D eigenvalue weighted by molar-refractivity contribution is -0.160. The van der Waals surface area contributed by atoms with E-state index in [1.165, 1.54) is 6.07 Å². The minimum absolute atomic E-state index is 0.165. The van der Waals surface area contributed by atoms with Crippen LogP contribution >= 0.6 is 11.2 Å². The molecule has 0 spiro atoms. The highest BCUT2D eigenvalue weighted by molar-refractivity contribution is 8.21. The molecule has 0 bridgehead atoms. The Bertz CT molecular complexity index is 1330. The van der Waals surface area contributed by atoms with Crippen LogP contribution in [0.5, 0.6) is 5.75 Å². The van der Waals surface area contributed by atoms with Crippen molar-refractivity contribution in [1.29, 1.82) is 0 Å². The maximum atomic E-state index is 14.6. The molecule has 0 saturated heterocycles. The number of fused-ring (bicyclic) bond motifs is 1. The molecule has 0 aliphatic carbocycles. The lowest BCUT2D eigenvalue weighted by Gasteiger charge is -2.30. The summed E-state index contributed by atoms with van der Waals surface area (Å²) in [6.07, 6.45) is 2.96. The van der Waals surface area contributed by atoms with Crippen molar-refractivity contribution in [3.05, 3.63) is 65.4 Å². The number of carbonyl (C=O) groups is 1. The SMILES string of the molecule is CCCc1ccnc(-c2ccc(S(F)(F)F)c(C(OC(C)(C)C)C(=O)O)c2-c2ccc3c(c2)CCCO3)c1. The van der Waals surface area contributed by atoms with Gasteiger partial charge in [0.15, 0.2) is 6.10 Å². The van der Waals surface area contributed by atoms with Gasteiger partial charge in [0.1, 0.15) is 5.75 Å². The molecule has 0 radical (unpaired) electrons. The van der Waals surface area contributed by atoms with Gasteiger partial charge in [-0.2, -0.15) is 0 Å². The van der Waals surface area contributed by atoms with Gasteiger partial charge in [-0.25, -0.2) is 4.79 Å². The van der Waals surface area contributed by atoms with Gasteiger partial charge in [-0.05, 0) is 92.6 Å². The normalized spacial score (nSPS) is 14.9. The summed E-state index contributed by atoms with van der Waals surface area (Å²) in [5, 5.41) is 10.2. The summed E-state index contributed by atoms with van der Waals surface area (Å²) < 4.78 is 55.3. The highest BCUT2D eigenvalue weighted by Crippen LogP contribution is 2.64. The van der Waals surface area contributed by atoms with Crippen LogP contribution in [0.4, 0.5) is 11.7 Å². The summed E-state index contributed by atoms with van der Waals surface area (Å²) >= 11 is -5.82. The standard InChI is InChI=1S/C29H32F3NO4S/c1-5-7-18-13-14-33-22(16-18)21-10-12-24(38(30,31)32)26(27(28(34)35)37-29(2,3)4)25(21)20-9-11-23-19(17-20)8-6-15-36-23/h9-14,16-17,27H,5-8,15H2,1-4H3,(H,34,35). The molecule has 5 nitrogen and oxygen atoms in total. The zero-order valence-electron chi connectivity index (χ0n) is 21.9. The topological polar surface area (TPSA) is 68.7 Å². The molecular formula is C29H32F3NO4S. The molecule has 0 saturated carbocycles. The van der Waals surface area contributed by atoms with Crippen molar-refractivity contribution in [2.24, 2.45) is 0 Å². The Labute approximate surface area is 223 Å². The summed E-state index contributed by atoms with van der Waals surface area (Å²) in [5.74, 6) is -0.804. The van der Waals surface area contributed by atoms with Crippen LogP contribution in [0.1, 0.15) is 63.3 Å². The van der Waals surface area contributed by atoms with E-state index in [2.05, 4.69) is 4.98 Å². The van der Waals surface area contributed by atoms with Crippen LogP contribution in [-0.4, -0.2) is 28.3 Å². The summed E-state index contributed by atoms with van der Waals surface area (Å²) in [6, 6.07) is 11.3. The Kier molecular flexibility index (Phi) is 8.09. The maximum absolute atomic E-state index is 14.6. The largest absolute Gasteiger partial charge is 0.493 e. The molecule has 38 heavy (non-hydrogen) atoms. The molecule has 1 atom stereocenters. The molecule has 2 heterocycles. The zero-order valence-corrected chi connectivity index (χ0v) is 22.7. The van der Waals surface area contributed by atoms with Gasteiger partial charge < -0.3 is 14.6 Å². The van der Waals surface area contributed by atoms with E-state index in [0.717, 1.165) is 36.5 Å². The summed E-state index contributed by atoms with van der Waals surface area (Å²) in [7, 11) is 0. The molecule has 4 rings (SSSR count). The van der Waals surface area contributed by atoms with Crippen LogP contribution in [0.25, 0.3) is 22.4 Å². The fourth-order valence-corrected chi connectivity index (χ4v) is 5.44. The lowest BCUT2D eigenvalue weighted by Crippen LogP contribution is -2.28. The first-order valence-corrected chi connectivity index (χ1v) is 13.9. The highest BCUT2D eigenvalue weighted by atomic mass is 32.3. The maximum Gasteiger partial charge on any atom is 0.337 e. The summed E-state index contributed by atoms with van der Waals surface area (Å²) in [4.78, 5) is 16.1. The number of aryl methyl sites for hydroxylation is 2. The van der Waals surface area contributed by atoms with E-state index < -0.39 is 39.3 Å². The molecule has 3 aromatic rings. The van der Waals surface area contributed by atoms with Gasteiger partial charge in [0.25, 0.3) is 0 Å². The minimum atomic E-state index is -5.82. The molecule has 0 amide bonds. The fourth-order valence-electron chi connectivity index (χ4n) is 4.76. The third-order valence-electron chi connectivity index (χ3n) is 6.25. The predicted molar refractivity (Wildman–Crippen MR) is 143 cm³/mol. The molecule has 9 heteroatoms. The number of hydrogen-bond acceptors (Lipinski definition) is 4. The number of ether oxygens (including phenoxy) is 2. The molecule has 1 aliphatic heterocycles. The van der Waals surface area contributed by atoms with Crippen LogP contribution < -0.4 is 4.74 Å². The Balaban J connectivity index is 2.10. The quantitative estimate of drug-likeness (QED) is 0.306. The number of carboxylic acid groups (broad SMARTS) is 1. The molecule has 0 fully saturated rings. The van der Waals surface area contributed by atoms with Gasteiger partial charge in [-0.3, -0.25) is 4.98 Å². The molecule has 1 unspecified atom stereocenters. The molecular weight excluding hydrogens is 515 g/mol. The second-order valence-corrected chi connectivity index (χ2v) is 11.6. The average Bonchev–Trinajstić information content (AvgIpc) is 2.85. The van der Waals surface area contributed by atoms with Crippen molar-refractivity contribution >= 4 is 17.2 Å². The third-order valence-corrected chi connectivity index (χ3v) is 7.10. The van der Waals surface area contributed by atoms with Gasteiger partial charge >= 0.3 is 5.97 Å². The van der Waals surface area contributed by atoms with Crippen LogP contribution in [-0.2, 0) is 22.4 Å². The van der Waals surface area contributed by atoms with E-state index in [-0.39, 0.29) is 5.56 Å². The van der Waals surface area contributed by atoms with Gasteiger partial charge in [0, 0.05) is 17.3 Å². The van der Waals surface area contributed by atoms with Crippen molar-refractivity contribution in [1.82, 2.24) is 4.98 Å². The first-order valence-electron chi connectivity index (χ1n) is 12.6. The Morgan fingerprint density at radius 1 is 1.16 bits per heavy atom. The van der Waals surface area contributed by atoms with Crippen molar-refractivity contribution in [3.63, 3.8) is 0 Å². The van der Waals surface area contributed by atoms with E-state index in [1.807, 2.05) is 19.1 Å². The molecule has 1 N–H and O–H groups in total. The van der Waals surface area contributed by atoms with Gasteiger partial charge in [-0.1, -0.05) is 25.5 Å². The Morgan fingerprint density at radius 2 is 1.92 bits per heavy atom. The second kappa shape index (κ2) is 11.0. The van der Waals surface area contributed by atoms with Crippen LogP contribution in [0.2, 0.25) is 0 Å². The smallest absolute Gasteiger partial charge is 0.337 e. The summed E-state index contributed by atoms with van der Waals surface area (Å²) in [5.41, 5.74) is 1.98. The monoisotopic (exact) mass is 547 g/mol. The third kappa shape index (κ3) is 6.15. The number of halogens is 3. The van der Waals surface area contributed by atoms with Crippen LogP contribution in [0.15, 0.2) is 53.6 Å². The summed E-state index contributed by atoms with van der Waals surface area (Å²) in [6.45, 7) is 7.49. The first kappa shape index (κ1) is 28.0. The minimum Gasteiger partial charge on any atom is -0.493 e. The number of benzene rings is 2. The van der Waals surface area contributed by atoms with Crippen molar-refractivity contribution in [3.8, 4) is 28.1 Å². The van der Waals surface area contributed by atoms with Crippen molar-refractivity contribution in [2.75, 3.05) is 6.61 Å². The Hall–Kier alpha value is -3.04. The number of carboxylic acids is 1. The van der Waals surface area contributed by atoms with Crippen LogP contribution in [0.3, 0.4) is 0 Å². The number of aromatic nitrogens is 1. The Morgan fingerprint density at radius 3 is 2.58 bits per heavy atom. The van der Waals surface area contributed by atoms with E-state index in [0.29, 0.717) is 35.6 Å². The zero-order chi connectivity index (χ0) is 27.7. The van der Waals surface area contributed by atoms with Crippen LogP contribution in [0, 0.1) is 0 Å². The lowest BCUT2D eigenvalue weighted by atomic mass is 9.87. The molecule has 1 aliphatic rings. The van der Waals surface area contributed by atoms with Crippen molar-refractivity contribution < 1.29 is 31.0 Å². The number of nitrogens with zero attached hydrogens (tertiary/aromatic N) is 1. The molecule has 1 aromatic heterocycles. The number of aliphatic carboxylic acids is 1. The van der Waals surface area contributed by atoms with E-state index >= 15 is 0 Å². The highest BCUT2D eigenvalue weighted by Gasteiger charge is 2.39. The predicted octanol–water partition coefficient (Wildman–Crippen LogP) is 8.45. The van der Waals surface area contributed by atoms with Gasteiger partial charge in [-0.15, -0.1) is 11.7 Å². The number of rotatable bonds is 8. The van der Waals surface area contributed by atoms with E-state index in [9.17, 15) is 21.6 Å². The second-order valence-electron chi connectivity index (χ2n) is 10.3. The molecule has 2 aromatic carbocycles.